The van der Waals surface area contributed by atoms with Crippen LogP contribution in [0, 0.1) is 0 Å². The molecule has 2 aliphatic heterocycles. The van der Waals surface area contributed by atoms with E-state index in [-0.39, 0.29) is 23.3 Å². The minimum absolute atomic E-state index is 0.00337. The number of hydrogen-bond donors (Lipinski definition) is 2. The fourth-order valence-electron chi connectivity index (χ4n) is 3.77. The second-order valence-corrected chi connectivity index (χ2v) is 8.98. The summed E-state index contributed by atoms with van der Waals surface area (Å²) in [4.78, 5) is 26.7. The Morgan fingerprint density at radius 3 is 2.79 bits per heavy atom. The first-order chi connectivity index (χ1) is 14.0. The van der Waals surface area contributed by atoms with Crippen molar-refractivity contribution in [2.24, 2.45) is 0 Å². The number of fused-ring (bicyclic) bond motifs is 1. The number of anilines is 1. The first-order valence-corrected chi connectivity index (χ1v) is 11.2. The van der Waals surface area contributed by atoms with Crippen molar-refractivity contribution in [2.45, 2.75) is 38.5 Å². The van der Waals surface area contributed by atoms with Crippen molar-refractivity contribution >= 4 is 44.9 Å². The third kappa shape index (κ3) is 4.80. The number of nitrogens with zero attached hydrogens (tertiary/aromatic N) is 4. The predicted octanol–water partition coefficient (Wildman–Crippen LogP) is 1.64. The van der Waals surface area contributed by atoms with Gasteiger partial charge in [0.15, 0.2) is 5.82 Å². The third-order valence-electron chi connectivity index (χ3n) is 5.55. The van der Waals surface area contributed by atoms with Gasteiger partial charge in [-0.25, -0.2) is 4.98 Å². The molecule has 1 amide bonds. The molecule has 1 atom stereocenters. The van der Waals surface area contributed by atoms with Crippen molar-refractivity contribution in [3.05, 3.63) is 16.2 Å². The van der Waals surface area contributed by atoms with Gasteiger partial charge in [0.05, 0.1) is 42.1 Å². The Morgan fingerprint density at radius 1 is 1.34 bits per heavy atom. The van der Waals surface area contributed by atoms with Crippen LogP contribution in [-0.4, -0.2) is 77.4 Å². The van der Waals surface area contributed by atoms with Crippen molar-refractivity contribution in [1.29, 1.82) is 0 Å². The van der Waals surface area contributed by atoms with Gasteiger partial charge in [0.25, 0.3) is 0 Å². The van der Waals surface area contributed by atoms with E-state index in [4.69, 9.17) is 16.3 Å². The number of rotatable bonds is 5. The molecule has 4 rings (SSSR count). The van der Waals surface area contributed by atoms with Gasteiger partial charge in [-0.1, -0.05) is 0 Å². The van der Waals surface area contributed by atoms with Crippen molar-refractivity contribution < 1.29 is 14.6 Å². The Morgan fingerprint density at radius 2 is 2.07 bits per heavy atom. The molecule has 8 nitrogen and oxygen atoms in total. The number of aliphatic hydroxyl groups is 1. The highest BCUT2D eigenvalue weighted by Crippen LogP contribution is 2.33. The van der Waals surface area contributed by atoms with Gasteiger partial charge in [0.1, 0.15) is 0 Å². The number of piperidine rings is 1. The summed E-state index contributed by atoms with van der Waals surface area (Å²) >= 11 is 7.74. The standard InChI is InChI=1S/C19H26ClN5O3S/c1-12(24-4-2-13(26)3-5-24)18(27)21-11-14-10-15-16(29-14)17(23-19(20)22-15)25-6-8-28-9-7-25/h10,12-13,26H,2-9,11H2,1H3,(H,21,27). The van der Waals surface area contributed by atoms with Crippen molar-refractivity contribution in [1.82, 2.24) is 20.2 Å². The average molecular weight is 440 g/mol. The quantitative estimate of drug-likeness (QED) is 0.684. The molecular formula is C19H26ClN5O3S. The maximum absolute atomic E-state index is 12.6. The lowest BCUT2D eigenvalue weighted by Gasteiger charge is -2.33. The highest BCUT2D eigenvalue weighted by atomic mass is 35.5. The van der Waals surface area contributed by atoms with E-state index in [0.29, 0.717) is 19.8 Å². The van der Waals surface area contributed by atoms with Crippen LogP contribution in [0.15, 0.2) is 6.07 Å². The van der Waals surface area contributed by atoms with Crippen LogP contribution in [0.4, 0.5) is 5.82 Å². The van der Waals surface area contributed by atoms with Gasteiger partial charge in [-0.15, -0.1) is 11.3 Å². The first-order valence-electron chi connectivity index (χ1n) is 10.00. The van der Waals surface area contributed by atoms with Gasteiger partial charge in [0, 0.05) is 31.1 Å². The number of likely N-dealkylation sites (tertiary alicyclic amines) is 1. The summed E-state index contributed by atoms with van der Waals surface area (Å²) in [5.41, 5.74) is 0.804. The largest absolute Gasteiger partial charge is 0.393 e. The summed E-state index contributed by atoms with van der Waals surface area (Å²) in [5, 5.41) is 12.9. The highest BCUT2D eigenvalue weighted by molar-refractivity contribution is 7.19. The van der Waals surface area contributed by atoms with Crippen LogP contribution in [0.2, 0.25) is 5.28 Å². The minimum Gasteiger partial charge on any atom is -0.393 e. The second kappa shape index (κ2) is 9.09. The van der Waals surface area contributed by atoms with Crippen LogP contribution in [0.1, 0.15) is 24.6 Å². The molecule has 158 valence electrons. The molecule has 0 radical (unpaired) electrons. The molecule has 2 N–H and O–H groups in total. The smallest absolute Gasteiger partial charge is 0.237 e. The van der Waals surface area contributed by atoms with E-state index in [1.54, 1.807) is 11.3 Å². The van der Waals surface area contributed by atoms with Crippen LogP contribution < -0.4 is 10.2 Å². The van der Waals surface area contributed by atoms with Gasteiger partial charge < -0.3 is 20.1 Å². The number of carbonyl (C=O) groups excluding carboxylic acids is 1. The number of amides is 1. The van der Waals surface area contributed by atoms with Gasteiger partial charge in [-0.05, 0) is 37.4 Å². The van der Waals surface area contributed by atoms with Gasteiger partial charge in [-0.2, -0.15) is 4.98 Å². The number of nitrogens with one attached hydrogen (secondary N) is 1. The molecule has 29 heavy (non-hydrogen) atoms. The van der Waals surface area contributed by atoms with E-state index in [2.05, 4.69) is 25.1 Å². The van der Waals surface area contributed by atoms with Crippen molar-refractivity contribution in [3.63, 3.8) is 0 Å². The number of thiophene rings is 1. The van der Waals surface area contributed by atoms with Crippen LogP contribution in [-0.2, 0) is 16.1 Å². The Labute approximate surface area is 178 Å². The molecule has 2 fully saturated rings. The minimum atomic E-state index is -0.242. The van der Waals surface area contributed by atoms with E-state index in [1.807, 2.05) is 13.0 Å². The third-order valence-corrected chi connectivity index (χ3v) is 6.84. The van der Waals surface area contributed by atoms with E-state index < -0.39 is 0 Å². The van der Waals surface area contributed by atoms with Gasteiger partial charge in [-0.3, -0.25) is 9.69 Å². The fourth-order valence-corrected chi connectivity index (χ4v) is 5.00. The molecule has 2 aliphatic rings. The van der Waals surface area contributed by atoms with Crippen LogP contribution >= 0.6 is 22.9 Å². The Balaban J connectivity index is 1.43. The zero-order valence-corrected chi connectivity index (χ0v) is 18.0. The summed E-state index contributed by atoms with van der Waals surface area (Å²) < 4.78 is 6.42. The molecule has 0 spiro atoms. The lowest BCUT2D eigenvalue weighted by molar-refractivity contribution is -0.126. The second-order valence-electron chi connectivity index (χ2n) is 7.50. The van der Waals surface area contributed by atoms with Gasteiger partial charge in [0.2, 0.25) is 11.2 Å². The van der Waals surface area contributed by atoms with Crippen LogP contribution in [0.5, 0.6) is 0 Å². The van der Waals surface area contributed by atoms with Crippen LogP contribution in [0.25, 0.3) is 10.2 Å². The zero-order valence-electron chi connectivity index (χ0n) is 16.4. The number of carbonyl (C=O) groups is 1. The first kappa shape index (κ1) is 20.7. The number of ether oxygens (including phenoxy) is 1. The maximum Gasteiger partial charge on any atom is 0.237 e. The molecule has 1 unspecified atom stereocenters. The van der Waals surface area contributed by atoms with E-state index >= 15 is 0 Å². The molecular weight excluding hydrogens is 414 g/mol. The lowest BCUT2D eigenvalue weighted by atomic mass is 10.1. The van der Waals surface area contributed by atoms with E-state index in [1.165, 1.54) is 0 Å². The molecule has 2 aromatic rings. The SMILES string of the molecule is CC(C(=O)NCc1cc2nc(Cl)nc(N3CCOCC3)c2s1)N1CCC(O)CC1. The molecule has 0 aliphatic carbocycles. The summed E-state index contributed by atoms with van der Waals surface area (Å²) in [6, 6.07) is 1.76. The molecule has 0 bridgehead atoms. The summed E-state index contributed by atoms with van der Waals surface area (Å²) in [6.07, 6.45) is 1.20. The maximum atomic E-state index is 12.6. The van der Waals surface area contributed by atoms with Gasteiger partial charge >= 0.3 is 0 Å². The van der Waals surface area contributed by atoms with E-state index in [0.717, 1.165) is 59.9 Å². The summed E-state index contributed by atoms with van der Waals surface area (Å²) in [6.45, 7) is 6.74. The monoisotopic (exact) mass is 439 g/mol. The Kier molecular flexibility index (Phi) is 6.50. The number of hydrogen-bond acceptors (Lipinski definition) is 8. The number of halogens is 1. The lowest BCUT2D eigenvalue weighted by Crippen LogP contribution is -2.48. The molecule has 2 saturated heterocycles. The summed E-state index contributed by atoms with van der Waals surface area (Å²) in [5.74, 6) is 0.836. The molecule has 10 heteroatoms. The molecule has 0 saturated carbocycles. The Bertz CT molecular complexity index is 865. The van der Waals surface area contributed by atoms with Crippen LogP contribution in [0.3, 0.4) is 0 Å². The summed E-state index contributed by atoms with van der Waals surface area (Å²) in [7, 11) is 0. The number of aromatic nitrogens is 2. The zero-order chi connectivity index (χ0) is 20.4. The topological polar surface area (TPSA) is 90.8 Å². The Hall–Kier alpha value is -1.52. The number of aliphatic hydroxyl groups excluding tert-OH is 1. The fraction of sp³-hybridized carbons (Fsp3) is 0.632. The number of morpholine rings is 1. The normalized spacial score (nSPS) is 20.2. The predicted molar refractivity (Wildman–Crippen MR) is 114 cm³/mol. The molecule has 0 aromatic carbocycles. The average Bonchev–Trinajstić information content (AvgIpc) is 3.14. The van der Waals surface area contributed by atoms with Crippen molar-refractivity contribution in [3.8, 4) is 0 Å². The van der Waals surface area contributed by atoms with E-state index in [9.17, 15) is 9.90 Å². The van der Waals surface area contributed by atoms with Crippen molar-refractivity contribution in [2.75, 3.05) is 44.3 Å². The molecule has 4 heterocycles. The molecule has 2 aromatic heterocycles. The highest BCUT2D eigenvalue weighted by Gasteiger charge is 2.26.